The minimum Gasteiger partial charge on any atom is -0.506 e. The molecule has 1 aromatic rings. The van der Waals surface area contributed by atoms with E-state index < -0.39 is 23.7 Å². The lowest BCUT2D eigenvalue weighted by atomic mass is 9.87. The summed E-state index contributed by atoms with van der Waals surface area (Å²) in [5.41, 5.74) is -0.687. The number of oxime groups is 1. The predicted molar refractivity (Wildman–Crippen MR) is 123 cm³/mol. The number of carbonyl (C=O) groups excluding carboxylic acids is 1. The van der Waals surface area contributed by atoms with Gasteiger partial charge in [0.1, 0.15) is 23.3 Å². The van der Waals surface area contributed by atoms with Crippen LogP contribution in [0.3, 0.4) is 0 Å². The summed E-state index contributed by atoms with van der Waals surface area (Å²) >= 11 is 13.1. The maximum absolute atomic E-state index is 12.5. The molecular weight excluding hydrogens is 660 g/mol. The molecule has 0 unspecified atom stereocenters. The van der Waals surface area contributed by atoms with Crippen LogP contribution in [0.25, 0.3) is 0 Å². The average Bonchev–Trinajstić information content (AvgIpc) is 3.13. The number of phenolic OH excluding ortho intramolecular Hbond substituents is 1. The Morgan fingerprint density at radius 2 is 2.00 bits per heavy atom. The predicted octanol–water partition coefficient (Wildman–Crippen LogP) is 3.49. The summed E-state index contributed by atoms with van der Waals surface area (Å²) in [7, 11) is 1.47. The first-order chi connectivity index (χ1) is 14.1. The molecule has 1 amide bonds. The molecule has 30 heavy (non-hydrogen) atoms. The number of aromatic hydroxyl groups is 1. The fourth-order valence-electron chi connectivity index (χ4n) is 3.01. The van der Waals surface area contributed by atoms with Crippen molar-refractivity contribution in [2.75, 3.05) is 13.7 Å². The van der Waals surface area contributed by atoms with Crippen LogP contribution in [0.5, 0.6) is 5.75 Å². The topological polar surface area (TPSA) is 121 Å². The van der Waals surface area contributed by atoms with Crippen molar-refractivity contribution < 1.29 is 29.7 Å². The van der Waals surface area contributed by atoms with Crippen molar-refractivity contribution in [2.24, 2.45) is 5.16 Å². The van der Waals surface area contributed by atoms with Crippen LogP contribution in [-0.4, -0.2) is 52.3 Å². The van der Waals surface area contributed by atoms with Gasteiger partial charge in [0.2, 0.25) is 0 Å². The number of carbonyl (C=O) groups is 1. The zero-order valence-electron chi connectivity index (χ0n) is 15.3. The van der Waals surface area contributed by atoms with Gasteiger partial charge in [-0.3, -0.25) is 4.79 Å². The summed E-state index contributed by atoms with van der Waals surface area (Å²) in [6, 6.07) is 3.11. The second-order valence-electron chi connectivity index (χ2n) is 6.60. The summed E-state index contributed by atoms with van der Waals surface area (Å²) in [4.78, 5) is 18.0. The van der Waals surface area contributed by atoms with Gasteiger partial charge >= 0.3 is 0 Å². The smallest absolute Gasteiger partial charge is 0.269 e. The van der Waals surface area contributed by atoms with E-state index in [4.69, 9.17) is 9.57 Å². The van der Waals surface area contributed by atoms with E-state index in [9.17, 15) is 20.1 Å². The summed E-state index contributed by atoms with van der Waals surface area (Å²) in [5, 5.41) is 37.2. The molecule has 1 aliphatic carbocycles. The van der Waals surface area contributed by atoms with E-state index >= 15 is 0 Å². The summed E-state index contributed by atoms with van der Waals surface area (Å²) < 4.78 is 6.97. The van der Waals surface area contributed by atoms with Crippen molar-refractivity contribution in [2.45, 2.75) is 24.2 Å². The summed E-state index contributed by atoms with van der Waals surface area (Å²) in [5.74, 6) is -0.0963. The monoisotopic (exact) mass is 672 g/mol. The van der Waals surface area contributed by atoms with Gasteiger partial charge in [-0.1, -0.05) is 5.16 Å². The Kier molecular flexibility index (Phi) is 7.35. The van der Waals surface area contributed by atoms with Gasteiger partial charge in [-0.15, -0.1) is 0 Å². The van der Waals surface area contributed by atoms with Crippen molar-refractivity contribution >= 4 is 75.3 Å². The Balaban J connectivity index is 1.65. The van der Waals surface area contributed by atoms with Crippen LogP contribution >= 0.6 is 63.7 Å². The fraction of sp³-hybridized carbons (Fsp3) is 0.333. The Morgan fingerprint density at radius 1 is 1.37 bits per heavy atom. The number of benzene rings is 1. The molecule has 0 saturated heterocycles. The second kappa shape index (κ2) is 9.29. The number of phenols is 1. The van der Waals surface area contributed by atoms with Gasteiger partial charge in [-0.25, -0.2) is 0 Å². The number of nitrogens with one attached hydrogen (secondary N) is 1. The first-order valence-electron chi connectivity index (χ1n) is 8.49. The molecule has 4 N–H and O–H groups in total. The molecule has 8 nitrogen and oxygen atoms in total. The molecule has 0 bridgehead atoms. The third-order valence-electron chi connectivity index (χ3n) is 4.62. The highest BCUT2D eigenvalue weighted by atomic mass is 79.9. The third kappa shape index (κ3) is 4.49. The van der Waals surface area contributed by atoms with Crippen LogP contribution in [0.2, 0.25) is 0 Å². The number of allylic oxidation sites excluding steroid dienone is 1. The molecule has 162 valence electrons. The molecule has 0 saturated carbocycles. The molecule has 2 aliphatic rings. The number of aliphatic hydroxyl groups is 2. The van der Waals surface area contributed by atoms with Crippen molar-refractivity contribution in [1.82, 2.24) is 5.32 Å². The molecule has 3 rings (SSSR count). The Bertz CT molecular complexity index is 956. The van der Waals surface area contributed by atoms with Crippen molar-refractivity contribution in [3.05, 3.63) is 47.4 Å². The second-order valence-corrected chi connectivity index (χ2v) is 10.0. The molecular formula is C18H16Br4N2O6. The molecule has 3 atom stereocenters. The van der Waals surface area contributed by atoms with Gasteiger partial charge in [-0.2, -0.15) is 0 Å². The lowest BCUT2D eigenvalue weighted by Crippen LogP contribution is -2.45. The van der Waals surface area contributed by atoms with Crippen LogP contribution in [-0.2, 0) is 14.4 Å². The molecule has 1 aliphatic heterocycles. The molecule has 0 radical (unpaired) electrons. The number of rotatable bonds is 5. The number of hydrogen-bond donors (Lipinski definition) is 4. The maximum atomic E-state index is 12.5. The lowest BCUT2D eigenvalue weighted by molar-refractivity contribution is -0.115. The van der Waals surface area contributed by atoms with Crippen molar-refractivity contribution in [3.8, 4) is 5.75 Å². The van der Waals surface area contributed by atoms with E-state index in [1.54, 1.807) is 18.2 Å². The molecule has 0 fully saturated rings. The zero-order valence-corrected chi connectivity index (χ0v) is 21.7. The normalized spacial score (nSPS) is 24.3. The first kappa shape index (κ1) is 23.7. The number of aliphatic hydroxyl groups excluding tert-OH is 2. The minimum absolute atomic E-state index is 0.0137. The van der Waals surface area contributed by atoms with Gasteiger partial charge < -0.3 is 30.2 Å². The number of ether oxygens (including phenoxy) is 1. The zero-order chi connectivity index (χ0) is 22.2. The number of amides is 1. The maximum Gasteiger partial charge on any atom is 0.269 e. The van der Waals surface area contributed by atoms with Crippen LogP contribution in [0.4, 0.5) is 0 Å². The highest BCUT2D eigenvalue weighted by molar-refractivity contribution is 9.12. The Hall–Kier alpha value is -0.920. The van der Waals surface area contributed by atoms with Crippen molar-refractivity contribution in [1.29, 1.82) is 0 Å². The summed E-state index contributed by atoms with van der Waals surface area (Å²) in [6.45, 7) is -0.0893. The van der Waals surface area contributed by atoms with Gasteiger partial charge in [-0.05, 0) is 87.5 Å². The number of hydrogen-bond acceptors (Lipinski definition) is 7. The lowest BCUT2D eigenvalue weighted by Gasteiger charge is -2.33. The van der Waals surface area contributed by atoms with Crippen molar-refractivity contribution in [3.63, 3.8) is 0 Å². The highest BCUT2D eigenvalue weighted by Crippen LogP contribution is 2.44. The quantitative estimate of drug-likeness (QED) is 0.380. The van der Waals surface area contributed by atoms with Gasteiger partial charge in [0.15, 0.2) is 5.60 Å². The Morgan fingerprint density at radius 3 is 2.60 bits per heavy atom. The standard InChI is InChI=1S/C18H16Br4N2O6/c1-29-15-10(21)4-18(16(27)13(15)22)5-11(24-30-18)17(28)23-6-12(25)7-2-8(19)14(26)9(20)3-7/h2-4,12,16,25-27H,5-6H2,1H3,(H,23,28)/t12-,16-,18+/m0/s1. The van der Waals surface area contributed by atoms with E-state index in [1.807, 2.05) is 0 Å². The van der Waals surface area contributed by atoms with Gasteiger partial charge in [0, 0.05) is 13.0 Å². The van der Waals surface area contributed by atoms with Crippen LogP contribution < -0.4 is 5.32 Å². The first-order valence-corrected chi connectivity index (χ1v) is 11.7. The highest BCUT2D eigenvalue weighted by Gasteiger charge is 2.50. The van der Waals surface area contributed by atoms with Crippen LogP contribution in [0, 0.1) is 0 Å². The molecule has 12 heteroatoms. The molecule has 1 spiro atoms. The fourth-order valence-corrected chi connectivity index (χ4v) is 6.02. The summed E-state index contributed by atoms with van der Waals surface area (Å²) in [6.07, 6.45) is -0.520. The number of methoxy groups -OCH3 is 1. The molecule has 1 aromatic carbocycles. The Labute approximate surface area is 205 Å². The van der Waals surface area contributed by atoms with E-state index in [0.29, 0.717) is 29.2 Å². The third-order valence-corrected chi connectivity index (χ3v) is 7.22. The van der Waals surface area contributed by atoms with E-state index in [-0.39, 0.29) is 24.4 Å². The van der Waals surface area contributed by atoms with E-state index in [2.05, 4.69) is 74.2 Å². The van der Waals surface area contributed by atoms with Crippen LogP contribution in [0.1, 0.15) is 18.1 Å². The van der Waals surface area contributed by atoms with Gasteiger partial charge in [0.25, 0.3) is 5.91 Å². The largest absolute Gasteiger partial charge is 0.506 e. The van der Waals surface area contributed by atoms with Gasteiger partial charge in [0.05, 0.1) is 31.1 Å². The minimum atomic E-state index is -1.25. The van der Waals surface area contributed by atoms with E-state index in [0.717, 1.165) is 0 Å². The van der Waals surface area contributed by atoms with Crippen LogP contribution in [0.15, 0.2) is 47.0 Å². The molecule has 0 aromatic heterocycles. The SMILES string of the molecule is COC1=C(Br)[C@H](O)[C@@]2(C=C1Br)CC(C(=O)NC[C@H](O)c1cc(Br)c(O)c(Br)c1)=NO2. The average molecular weight is 676 g/mol. The number of halogens is 4. The molecule has 1 heterocycles. The van der Waals surface area contributed by atoms with E-state index in [1.165, 1.54) is 7.11 Å². The number of nitrogens with zero attached hydrogens (tertiary/aromatic N) is 1.